The van der Waals surface area contributed by atoms with Gasteiger partial charge in [-0.2, -0.15) is 4.98 Å². The van der Waals surface area contributed by atoms with E-state index in [2.05, 4.69) is 15.5 Å². The molecule has 2 aromatic heterocycles. The van der Waals surface area contributed by atoms with Crippen LogP contribution >= 0.6 is 11.3 Å². The van der Waals surface area contributed by atoms with E-state index in [0.717, 1.165) is 48.5 Å². The van der Waals surface area contributed by atoms with E-state index in [-0.39, 0.29) is 23.7 Å². The second-order valence-electron chi connectivity index (χ2n) is 6.99. The van der Waals surface area contributed by atoms with E-state index in [0.29, 0.717) is 18.3 Å². The summed E-state index contributed by atoms with van der Waals surface area (Å²) < 4.78 is 5.47. The first kappa shape index (κ1) is 17.2. The number of likely N-dealkylation sites (tertiary alicyclic amines) is 1. The van der Waals surface area contributed by atoms with Crippen LogP contribution < -0.4 is 5.32 Å². The molecule has 1 aliphatic heterocycles. The molecule has 0 radical (unpaired) electrons. The lowest BCUT2D eigenvalue weighted by atomic mass is 9.97. The van der Waals surface area contributed by atoms with Crippen molar-refractivity contribution in [3.8, 4) is 10.7 Å². The number of hydrogen-bond donors (Lipinski definition) is 1. The van der Waals surface area contributed by atoms with Gasteiger partial charge in [-0.05, 0) is 37.8 Å². The van der Waals surface area contributed by atoms with Gasteiger partial charge < -0.3 is 14.7 Å². The minimum absolute atomic E-state index is 0.120. The van der Waals surface area contributed by atoms with Gasteiger partial charge in [0.1, 0.15) is 0 Å². The van der Waals surface area contributed by atoms with Gasteiger partial charge in [0.05, 0.1) is 11.4 Å². The van der Waals surface area contributed by atoms with Crippen LogP contribution in [0.3, 0.4) is 0 Å². The van der Waals surface area contributed by atoms with Gasteiger partial charge in [-0.15, -0.1) is 11.3 Å². The van der Waals surface area contributed by atoms with Crippen molar-refractivity contribution < 1.29 is 14.1 Å². The van der Waals surface area contributed by atoms with E-state index in [4.69, 9.17) is 4.52 Å². The van der Waals surface area contributed by atoms with Gasteiger partial charge in [0.25, 0.3) is 0 Å². The Labute approximate surface area is 155 Å². The molecule has 138 valence electrons. The zero-order chi connectivity index (χ0) is 18.1. The number of amides is 2. The van der Waals surface area contributed by atoms with Gasteiger partial charge in [-0.3, -0.25) is 9.59 Å². The van der Waals surface area contributed by atoms with Crippen LogP contribution in [-0.2, 0) is 16.1 Å². The summed E-state index contributed by atoms with van der Waals surface area (Å²) in [5.41, 5.74) is 0. The average Bonchev–Trinajstić information content (AvgIpc) is 3.19. The molecule has 1 N–H and O–H groups in total. The Bertz CT molecular complexity index is 803. The lowest BCUT2D eigenvalue weighted by molar-refractivity contribution is -0.130. The normalized spacial score (nSPS) is 18.1. The minimum atomic E-state index is 0.120. The first-order chi connectivity index (χ1) is 12.6. The molecular formula is C18H22N4O3S. The molecule has 2 fully saturated rings. The summed E-state index contributed by atoms with van der Waals surface area (Å²) in [6.45, 7) is 3.63. The van der Waals surface area contributed by atoms with Crippen molar-refractivity contribution in [2.24, 2.45) is 5.92 Å². The summed E-state index contributed by atoms with van der Waals surface area (Å²) in [7, 11) is 0. The average molecular weight is 374 g/mol. The van der Waals surface area contributed by atoms with Gasteiger partial charge in [-0.1, -0.05) is 5.16 Å². The van der Waals surface area contributed by atoms with E-state index < -0.39 is 0 Å². The van der Waals surface area contributed by atoms with E-state index in [1.54, 1.807) is 18.3 Å². The number of nitrogens with one attached hydrogen (secondary N) is 1. The fourth-order valence-corrected chi connectivity index (χ4v) is 4.07. The number of rotatable bonds is 5. The molecule has 7 nitrogen and oxygen atoms in total. The number of thiophene rings is 1. The molecule has 4 rings (SSSR count). The van der Waals surface area contributed by atoms with Crippen molar-refractivity contribution in [2.75, 3.05) is 13.1 Å². The van der Waals surface area contributed by atoms with E-state index in [9.17, 15) is 9.59 Å². The Morgan fingerprint density at radius 2 is 2.04 bits per heavy atom. The minimum Gasteiger partial charge on any atom is -0.351 e. The van der Waals surface area contributed by atoms with Crippen molar-refractivity contribution in [1.82, 2.24) is 20.4 Å². The second kappa shape index (κ2) is 7.19. The maximum atomic E-state index is 11.7. The number of hydrogen-bond acceptors (Lipinski definition) is 6. The first-order valence-electron chi connectivity index (χ1n) is 9.06. The molecule has 3 heterocycles. The quantitative estimate of drug-likeness (QED) is 0.869. The molecule has 2 aliphatic rings. The molecule has 8 heteroatoms. The molecule has 2 amide bonds. The summed E-state index contributed by atoms with van der Waals surface area (Å²) in [5, 5.41) is 7.09. The molecule has 1 saturated carbocycles. The van der Waals surface area contributed by atoms with E-state index in [1.807, 2.05) is 17.0 Å². The van der Waals surface area contributed by atoms with Crippen LogP contribution in [0.4, 0.5) is 0 Å². The molecule has 0 atom stereocenters. The Morgan fingerprint density at radius 3 is 2.73 bits per heavy atom. The number of carbonyl (C=O) groups is 2. The Morgan fingerprint density at radius 1 is 1.27 bits per heavy atom. The Kier molecular flexibility index (Phi) is 4.76. The van der Waals surface area contributed by atoms with Gasteiger partial charge in [0.15, 0.2) is 0 Å². The van der Waals surface area contributed by atoms with Crippen molar-refractivity contribution in [3.05, 3.63) is 22.9 Å². The zero-order valence-corrected chi connectivity index (χ0v) is 15.6. The smallest absolute Gasteiger partial charge is 0.230 e. The van der Waals surface area contributed by atoms with Crippen LogP contribution in [0.25, 0.3) is 10.7 Å². The third-order valence-electron chi connectivity index (χ3n) is 5.00. The molecule has 0 bridgehead atoms. The van der Waals surface area contributed by atoms with E-state index >= 15 is 0 Å². The van der Waals surface area contributed by atoms with Crippen molar-refractivity contribution in [3.63, 3.8) is 0 Å². The summed E-state index contributed by atoms with van der Waals surface area (Å²) in [6, 6.07) is 3.96. The second-order valence-corrected chi connectivity index (χ2v) is 8.16. The van der Waals surface area contributed by atoms with Crippen LogP contribution in [0.15, 0.2) is 16.7 Å². The van der Waals surface area contributed by atoms with Crippen LogP contribution in [0.1, 0.15) is 49.3 Å². The Balaban J connectivity index is 1.36. The maximum absolute atomic E-state index is 11.7. The number of aromatic nitrogens is 2. The zero-order valence-electron chi connectivity index (χ0n) is 14.7. The molecule has 1 saturated heterocycles. The third kappa shape index (κ3) is 3.80. The molecule has 2 aromatic rings. The molecule has 1 aliphatic carbocycles. The monoisotopic (exact) mass is 374 g/mol. The van der Waals surface area contributed by atoms with Gasteiger partial charge in [0.2, 0.25) is 23.5 Å². The standard InChI is InChI=1S/C18H22N4O3S/c1-11(23)22-8-6-13(7-9-22)18-20-16(21-25-18)15-5-4-14(26-15)10-19-17(24)12-2-3-12/h4-5,12-13H,2-3,6-10H2,1H3,(H,19,24). The highest BCUT2D eigenvalue weighted by Crippen LogP contribution is 2.31. The number of nitrogens with zero attached hydrogens (tertiary/aromatic N) is 3. The fourth-order valence-electron chi connectivity index (χ4n) is 3.20. The third-order valence-corrected chi connectivity index (χ3v) is 6.08. The lowest BCUT2D eigenvalue weighted by Crippen LogP contribution is -2.36. The largest absolute Gasteiger partial charge is 0.351 e. The first-order valence-corrected chi connectivity index (χ1v) is 9.87. The summed E-state index contributed by atoms with van der Waals surface area (Å²) >= 11 is 1.57. The van der Waals surface area contributed by atoms with Gasteiger partial charge in [0, 0.05) is 36.7 Å². The SMILES string of the molecule is CC(=O)N1CCC(c2nc(-c3ccc(CNC(=O)C4CC4)s3)no2)CC1. The van der Waals surface area contributed by atoms with Crippen molar-refractivity contribution in [2.45, 2.75) is 45.1 Å². The number of piperidine rings is 1. The van der Waals surface area contributed by atoms with Crippen molar-refractivity contribution >= 4 is 23.2 Å². The number of carbonyl (C=O) groups excluding carboxylic acids is 2. The van der Waals surface area contributed by atoms with Gasteiger partial charge >= 0.3 is 0 Å². The molecular weight excluding hydrogens is 352 g/mol. The van der Waals surface area contributed by atoms with Crippen LogP contribution in [0, 0.1) is 5.92 Å². The molecule has 0 aromatic carbocycles. The fraction of sp³-hybridized carbons (Fsp3) is 0.556. The highest BCUT2D eigenvalue weighted by atomic mass is 32.1. The summed E-state index contributed by atoms with van der Waals surface area (Å²) in [6.07, 6.45) is 3.73. The maximum Gasteiger partial charge on any atom is 0.230 e. The topological polar surface area (TPSA) is 88.3 Å². The highest BCUT2D eigenvalue weighted by Gasteiger charge is 2.29. The molecule has 26 heavy (non-hydrogen) atoms. The Hall–Kier alpha value is -2.22. The van der Waals surface area contributed by atoms with E-state index in [1.165, 1.54) is 0 Å². The van der Waals surface area contributed by atoms with Crippen molar-refractivity contribution in [1.29, 1.82) is 0 Å². The molecule has 0 unspecified atom stereocenters. The lowest BCUT2D eigenvalue weighted by Gasteiger charge is -2.29. The van der Waals surface area contributed by atoms with Crippen LogP contribution in [0.5, 0.6) is 0 Å². The predicted molar refractivity (Wildman–Crippen MR) is 96.4 cm³/mol. The van der Waals surface area contributed by atoms with Crippen LogP contribution in [0.2, 0.25) is 0 Å². The highest BCUT2D eigenvalue weighted by molar-refractivity contribution is 7.15. The van der Waals surface area contributed by atoms with Gasteiger partial charge in [-0.25, -0.2) is 0 Å². The summed E-state index contributed by atoms with van der Waals surface area (Å²) in [5.74, 6) is 1.96. The molecule has 0 spiro atoms. The van der Waals surface area contributed by atoms with Crippen LogP contribution in [-0.4, -0.2) is 39.9 Å². The summed E-state index contributed by atoms with van der Waals surface area (Å²) in [4.78, 5) is 31.6. The predicted octanol–water partition coefficient (Wildman–Crippen LogP) is 2.55.